The maximum Gasteiger partial charge on any atom is 0.126 e. The molecule has 0 aromatic carbocycles. The molecular formula is C12H12N2S2. The molecule has 0 aliphatic heterocycles. The summed E-state index contributed by atoms with van der Waals surface area (Å²) >= 11 is 3.37. The zero-order valence-electron chi connectivity index (χ0n) is 9.23. The number of thioether (sulfide) groups is 1. The number of aryl methyl sites for hydroxylation is 1. The van der Waals surface area contributed by atoms with E-state index >= 15 is 0 Å². The van der Waals surface area contributed by atoms with Crippen molar-refractivity contribution in [3.05, 3.63) is 41.7 Å². The molecule has 2 nitrogen and oxygen atoms in total. The van der Waals surface area contributed by atoms with Crippen molar-refractivity contribution in [1.82, 2.24) is 9.97 Å². The third-order valence-electron chi connectivity index (χ3n) is 1.93. The van der Waals surface area contributed by atoms with Crippen molar-refractivity contribution < 1.29 is 0 Å². The predicted octanol–water partition coefficient (Wildman–Crippen LogP) is 4.14. The number of rotatable bonds is 3. The highest BCUT2D eigenvalue weighted by Crippen LogP contribution is 2.36. The molecule has 2 aromatic rings. The Labute approximate surface area is 103 Å². The van der Waals surface area contributed by atoms with Crippen LogP contribution in [0.15, 0.2) is 40.2 Å². The van der Waals surface area contributed by atoms with Crippen LogP contribution in [0.2, 0.25) is 0 Å². The molecule has 0 radical (unpaired) electrons. The molecular weight excluding hydrogens is 236 g/mol. The molecule has 2 rings (SSSR count). The van der Waals surface area contributed by atoms with E-state index in [-0.39, 0.29) is 0 Å². The summed E-state index contributed by atoms with van der Waals surface area (Å²) in [6, 6.07) is 3.96. The molecule has 0 atom stereocenters. The Morgan fingerprint density at radius 1 is 1.50 bits per heavy atom. The Balaban J connectivity index is 2.34. The van der Waals surface area contributed by atoms with Crippen molar-refractivity contribution >= 4 is 23.1 Å². The maximum atomic E-state index is 4.55. The molecule has 0 saturated heterocycles. The zero-order valence-corrected chi connectivity index (χ0v) is 10.9. The van der Waals surface area contributed by atoms with E-state index in [1.54, 1.807) is 29.3 Å². The summed E-state index contributed by atoms with van der Waals surface area (Å²) in [5.74, 6) is 0. The summed E-state index contributed by atoms with van der Waals surface area (Å²) in [5, 5.41) is 1.02. The van der Waals surface area contributed by atoms with Gasteiger partial charge in [0.25, 0.3) is 0 Å². The fourth-order valence-electron chi connectivity index (χ4n) is 1.25. The second-order valence-electron chi connectivity index (χ2n) is 3.44. The fourth-order valence-corrected chi connectivity index (χ4v) is 3.38. The highest BCUT2D eigenvalue weighted by molar-refractivity contribution is 8.04. The molecule has 0 unspecified atom stereocenters. The summed E-state index contributed by atoms with van der Waals surface area (Å²) in [4.78, 5) is 9.74. The highest BCUT2D eigenvalue weighted by atomic mass is 32.2. The van der Waals surface area contributed by atoms with Gasteiger partial charge < -0.3 is 0 Å². The van der Waals surface area contributed by atoms with Crippen LogP contribution in [0.25, 0.3) is 10.6 Å². The van der Waals surface area contributed by atoms with Crippen molar-refractivity contribution in [2.75, 3.05) is 0 Å². The fraction of sp³-hybridized carbons (Fsp3) is 0.167. The molecule has 2 aromatic heterocycles. The second kappa shape index (κ2) is 4.80. The van der Waals surface area contributed by atoms with Gasteiger partial charge >= 0.3 is 0 Å². The second-order valence-corrected chi connectivity index (χ2v) is 6.00. The minimum atomic E-state index is 1.02. The van der Waals surface area contributed by atoms with E-state index in [9.17, 15) is 0 Å². The molecule has 0 N–H and O–H groups in total. The van der Waals surface area contributed by atoms with Gasteiger partial charge in [-0.3, -0.25) is 4.98 Å². The van der Waals surface area contributed by atoms with Gasteiger partial charge in [-0.05, 0) is 30.9 Å². The first-order valence-electron chi connectivity index (χ1n) is 4.88. The van der Waals surface area contributed by atoms with Gasteiger partial charge in [-0.25, -0.2) is 4.98 Å². The number of hydrogen-bond donors (Lipinski definition) is 0. The summed E-state index contributed by atoms with van der Waals surface area (Å²) < 4.78 is 1.21. The van der Waals surface area contributed by atoms with Gasteiger partial charge in [-0.15, -0.1) is 11.3 Å². The monoisotopic (exact) mass is 248 g/mol. The summed E-state index contributed by atoms with van der Waals surface area (Å²) in [5.41, 5.74) is 2.14. The average molecular weight is 248 g/mol. The van der Waals surface area contributed by atoms with E-state index in [0.717, 1.165) is 21.2 Å². The van der Waals surface area contributed by atoms with Crippen LogP contribution in [-0.4, -0.2) is 9.97 Å². The first-order chi connectivity index (χ1) is 7.66. The van der Waals surface area contributed by atoms with E-state index in [1.807, 2.05) is 32.2 Å². The quantitative estimate of drug-likeness (QED) is 0.763. The van der Waals surface area contributed by atoms with Crippen LogP contribution in [0, 0.1) is 6.92 Å². The number of hydrogen-bond acceptors (Lipinski definition) is 4. The average Bonchev–Trinajstić information content (AvgIpc) is 2.61. The van der Waals surface area contributed by atoms with E-state index in [2.05, 4.69) is 16.5 Å². The van der Waals surface area contributed by atoms with Crippen molar-refractivity contribution in [3.63, 3.8) is 0 Å². The van der Waals surface area contributed by atoms with Gasteiger partial charge in [0.15, 0.2) is 0 Å². The highest BCUT2D eigenvalue weighted by Gasteiger charge is 2.09. The number of nitrogens with zero attached hydrogens (tertiary/aromatic N) is 2. The van der Waals surface area contributed by atoms with Gasteiger partial charge in [-0.1, -0.05) is 18.3 Å². The van der Waals surface area contributed by atoms with Crippen molar-refractivity contribution in [2.24, 2.45) is 0 Å². The molecule has 0 aliphatic carbocycles. The van der Waals surface area contributed by atoms with Gasteiger partial charge in [0, 0.05) is 18.0 Å². The lowest BCUT2D eigenvalue weighted by Gasteiger charge is -1.94. The molecule has 0 saturated carbocycles. The SMILES string of the molecule is C=C(C)Sc1sc(-c2cccnc2)nc1C. The lowest BCUT2D eigenvalue weighted by molar-refractivity contribution is 1.21. The van der Waals surface area contributed by atoms with Crippen LogP contribution in [0.3, 0.4) is 0 Å². The Bertz CT molecular complexity index is 503. The maximum absolute atomic E-state index is 4.55. The van der Waals surface area contributed by atoms with Crippen molar-refractivity contribution in [2.45, 2.75) is 18.1 Å². The van der Waals surface area contributed by atoms with Crippen molar-refractivity contribution in [3.8, 4) is 10.6 Å². The van der Waals surface area contributed by atoms with Crippen LogP contribution >= 0.6 is 23.1 Å². The normalized spacial score (nSPS) is 10.4. The molecule has 2 heterocycles. The van der Waals surface area contributed by atoms with Gasteiger partial charge in [0.2, 0.25) is 0 Å². The minimum absolute atomic E-state index is 1.02. The van der Waals surface area contributed by atoms with E-state index in [4.69, 9.17) is 0 Å². The van der Waals surface area contributed by atoms with Crippen molar-refractivity contribution in [1.29, 1.82) is 0 Å². The lowest BCUT2D eigenvalue weighted by atomic mass is 10.3. The van der Waals surface area contributed by atoms with Crippen LogP contribution < -0.4 is 0 Å². The Morgan fingerprint density at radius 2 is 2.31 bits per heavy atom. The lowest BCUT2D eigenvalue weighted by Crippen LogP contribution is -1.78. The third-order valence-corrected chi connectivity index (χ3v) is 4.26. The number of pyridine rings is 1. The van der Waals surface area contributed by atoms with Gasteiger partial charge in [-0.2, -0.15) is 0 Å². The number of aromatic nitrogens is 2. The molecule has 0 amide bonds. The molecule has 0 spiro atoms. The van der Waals surface area contributed by atoms with Crippen LogP contribution in [0.5, 0.6) is 0 Å². The predicted molar refractivity (Wildman–Crippen MR) is 70.8 cm³/mol. The van der Waals surface area contributed by atoms with Gasteiger partial charge in [0.05, 0.1) is 9.90 Å². The molecule has 16 heavy (non-hydrogen) atoms. The summed E-state index contributed by atoms with van der Waals surface area (Å²) in [6.07, 6.45) is 3.61. The number of thiazole rings is 1. The molecule has 0 aliphatic rings. The van der Waals surface area contributed by atoms with E-state index in [1.165, 1.54) is 4.21 Å². The van der Waals surface area contributed by atoms with Gasteiger partial charge in [0.1, 0.15) is 5.01 Å². The molecule has 0 fully saturated rings. The Morgan fingerprint density at radius 3 is 2.94 bits per heavy atom. The molecule has 0 bridgehead atoms. The Hall–Kier alpha value is -1.13. The van der Waals surface area contributed by atoms with Crippen LogP contribution in [0.4, 0.5) is 0 Å². The zero-order chi connectivity index (χ0) is 11.5. The Kier molecular flexibility index (Phi) is 3.41. The smallest absolute Gasteiger partial charge is 0.126 e. The summed E-state index contributed by atoms with van der Waals surface area (Å²) in [7, 11) is 0. The first-order valence-corrected chi connectivity index (χ1v) is 6.51. The topological polar surface area (TPSA) is 25.8 Å². The first kappa shape index (κ1) is 11.4. The summed E-state index contributed by atoms with van der Waals surface area (Å²) in [6.45, 7) is 7.94. The van der Waals surface area contributed by atoms with E-state index < -0.39 is 0 Å². The minimum Gasteiger partial charge on any atom is -0.264 e. The largest absolute Gasteiger partial charge is 0.264 e. The standard InChI is InChI=1S/C12H12N2S2/c1-8(2)15-12-9(3)14-11(16-12)10-5-4-6-13-7-10/h4-7H,1H2,2-3H3. The van der Waals surface area contributed by atoms with E-state index in [0.29, 0.717) is 0 Å². The third kappa shape index (κ3) is 2.51. The molecule has 4 heteroatoms. The van der Waals surface area contributed by atoms with Crippen LogP contribution in [0.1, 0.15) is 12.6 Å². The van der Waals surface area contributed by atoms with Crippen LogP contribution in [-0.2, 0) is 0 Å². The number of allylic oxidation sites excluding steroid dienone is 1. The molecule has 82 valence electrons.